The van der Waals surface area contributed by atoms with Crippen molar-refractivity contribution in [3.63, 3.8) is 0 Å². The third-order valence-corrected chi connectivity index (χ3v) is 2.96. The number of rotatable bonds is 3. The summed E-state index contributed by atoms with van der Waals surface area (Å²) in [5.74, 6) is 0. The first-order valence-electron chi connectivity index (χ1n) is 5.58. The van der Waals surface area contributed by atoms with Gasteiger partial charge in [0.25, 0.3) is 0 Å². The second-order valence-electron chi connectivity index (χ2n) is 4.18. The van der Waals surface area contributed by atoms with Crippen molar-refractivity contribution in [1.29, 1.82) is 0 Å². The zero-order chi connectivity index (χ0) is 10.7. The fourth-order valence-corrected chi connectivity index (χ4v) is 2.21. The number of hydrogen-bond acceptors (Lipinski definition) is 3. The predicted molar refractivity (Wildman–Crippen MR) is 58.7 cm³/mol. The lowest BCUT2D eigenvalue weighted by atomic mass is 10.0. The van der Waals surface area contributed by atoms with E-state index in [0.717, 1.165) is 26.0 Å². The maximum atomic E-state index is 5.56. The summed E-state index contributed by atoms with van der Waals surface area (Å²) >= 11 is 0. The van der Waals surface area contributed by atoms with Crippen LogP contribution in [0.5, 0.6) is 0 Å². The lowest BCUT2D eigenvalue weighted by Gasteiger charge is -2.29. The minimum atomic E-state index is 0.369. The van der Waals surface area contributed by atoms with Crippen molar-refractivity contribution in [2.45, 2.75) is 38.5 Å². The summed E-state index contributed by atoms with van der Waals surface area (Å²) in [7, 11) is 1.96. The van der Waals surface area contributed by atoms with Gasteiger partial charge in [-0.1, -0.05) is 0 Å². The van der Waals surface area contributed by atoms with Crippen LogP contribution in [0.1, 0.15) is 31.5 Å². The van der Waals surface area contributed by atoms with Gasteiger partial charge in [-0.3, -0.25) is 0 Å². The van der Waals surface area contributed by atoms with Crippen molar-refractivity contribution in [3.8, 4) is 0 Å². The van der Waals surface area contributed by atoms with E-state index in [9.17, 15) is 0 Å². The van der Waals surface area contributed by atoms with Gasteiger partial charge in [0.05, 0.1) is 18.1 Å². The van der Waals surface area contributed by atoms with Gasteiger partial charge in [0, 0.05) is 25.4 Å². The standard InChI is InChI=1S/C11H19N3O/c1-9-5-10(3-4-15-9)14-8-13-7-11(14)6-12-2/h7-10,12H,3-6H2,1-2H3. The van der Waals surface area contributed by atoms with Crippen LogP contribution in [-0.4, -0.2) is 29.3 Å². The number of nitrogens with zero attached hydrogens (tertiary/aromatic N) is 2. The Morgan fingerprint density at radius 2 is 2.53 bits per heavy atom. The first-order chi connectivity index (χ1) is 7.31. The smallest absolute Gasteiger partial charge is 0.0951 e. The van der Waals surface area contributed by atoms with Gasteiger partial charge in [-0.2, -0.15) is 0 Å². The largest absolute Gasteiger partial charge is 0.378 e. The van der Waals surface area contributed by atoms with Crippen LogP contribution in [0.4, 0.5) is 0 Å². The Bertz CT molecular complexity index is 311. The predicted octanol–water partition coefficient (Wildman–Crippen LogP) is 1.34. The molecule has 2 heterocycles. The molecule has 0 saturated carbocycles. The van der Waals surface area contributed by atoms with Crippen LogP contribution < -0.4 is 5.32 Å². The molecule has 0 amide bonds. The normalized spacial score (nSPS) is 26.8. The Labute approximate surface area is 90.6 Å². The number of imidazole rings is 1. The Kier molecular flexibility index (Phi) is 3.38. The van der Waals surface area contributed by atoms with Gasteiger partial charge in [-0.25, -0.2) is 4.98 Å². The summed E-state index contributed by atoms with van der Waals surface area (Å²) in [6.45, 7) is 3.88. The van der Waals surface area contributed by atoms with E-state index >= 15 is 0 Å². The topological polar surface area (TPSA) is 39.1 Å². The zero-order valence-corrected chi connectivity index (χ0v) is 9.44. The Balaban J connectivity index is 2.10. The van der Waals surface area contributed by atoms with E-state index in [4.69, 9.17) is 4.74 Å². The molecule has 4 nitrogen and oxygen atoms in total. The van der Waals surface area contributed by atoms with Crippen LogP contribution in [0.3, 0.4) is 0 Å². The summed E-state index contributed by atoms with van der Waals surface area (Å²) in [5, 5.41) is 3.17. The molecule has 15 heavy (non-hydrogen) atoms. The van der Waals surface area contributed by atoms with Gasteiger partial charge in [-0.05, 0) is 26.8 Å². The molecule has 1 saturated heterocycles. The molecule has 0 aromatic carbocycles. The highest BCUT2D eigenvalue weighted by Gasteiger charge is 2.21. The maximum absolute atomic E-state index is 5.56. The Hall–Kier alpha value is -0.870. The van der Waals surface area contributed by atoms with Crippen LogP contribution in [0.15, 0.2) is 12.5 Å². The van der Waals surface area contributed by atoms with Crippen molar-refractivity contribution in [2.75, 3.05) is 13.7 Å². The minimum Gasteiger partial charge on any atom is -0.378 e. The lowest BCUT2D eigenvalue weighted by Crippen LogP contribution is -2.26. The third kappa shape index (κ3) is 2.38. The number of aromatic nitrogens is 2. The second-order valence-corrected chi connectivity index (χ2v) is 4.18. The molecule has 2 atom stereocenters. The highest BCUT2D eigenvalue weighted by atomic mass is 16.5. The molecule has 1 N–H and O–H groups in total. The summed E-state index contributed by atoms with van der Waals surface area (Å²) in [6.07, 6.45) is 6.44. The van der Waals surface area contributed by atoms with Crippen molar-refractivity contribution in [1.82, 2.24) is 14.9 Å². The maximum Gasteiger partial charge on any atom is 0.0951 e. The molecular weight excluding hydrogens is 190 g/mol. The van der Waals surface area contributed by atoms with E-state index in [0.29, 0.717) is 12.1 Å². The Morgan fingerprint density at radius 1 is 1.67 bits per heavy atom. The summed E-state index contributed by atoms with van der Waals surface area (Å²) in [5.41, 5.74) is 1.26. The minimum absolute atomic E-state index is 0.369. The average Bonchev–Trinajstić information content (AvgIpc) is 2.66. The van der Waals surface area contributed by atoms with Gasteiger partial charge in [0.1, 0.15) is 0 Å². The zero-order valence-electron chi connectivity index (χ0n) is 9.44. The molecule has 1 fully saturated rings. The molecular formula is C11H19N3O. The quantitative estimate of drug-likeness (QED) is 0.816. The summed E-state index contributed by atoms with van der Waals surface area (Å²) in [6, 6.07) is 0.555. The molecule has 4 heteroatoms. The number of nitrogens with one attached hydrogen (secondary N) is 1. The van der Waals surface area contributed by atoms with Gasteiger partial charge < -0.3 is 14.6 Å². The monoisotopic (exact) mass is 209 g/mol. The Morgan fingerprint density at radius 3 is 3.27 bits per heavy atom. The molecule has 2 rings (SSSR count). The average molecular weight is 209 g/mol. The van der Waals surface area contributed by atoms with Crippen molar-refractivity contribution in [2.24, 2.45) is 0 Å². The molecule has 0 spiro atoms. The van der Waals surface area contributed by atoms with E-state index in [1.807, 2.05) is 19.6 Å². The van der Waals surface area contributed by atoms with Crippen LogP contribution in [0, 0.1) is 0 Å². The lowest BCUT2D eigenvalue weighted by molar-refractivity contribution is 0.00543. The van der Waals surface area contributed by atoms with E-state index in [1.54, 1.807) is 0 Å². The van der Waals surface area contributed by atoms with Gasteiger partial charge in [0.2, 0.25) is 0 Å². The molecule has 2 unspecified atom stereocenters. The van der Waals surface area contributed by atoms with Gasteiger partial charge in [-0.15, -0.1) is 0 Å². The third-order valence-electron chi connectivity index (χ3n) is 2.96. The molecule has 0 bridgehead atoms. The fraction of sp³-hybridized carbons (Fsp3) is 0.727. The van der Waals surface area contributed by atoms with Gasteiger partial charge in [0.15, 0.2) is 0 Å². The summed E-state index contributed by atoms with van der Waals surface area (Å²) in [4.78, 5) is 4.22. The molecule has 1 aromatic rings. The highest BCUT2D eigenvalue weighted by molar-refractivity contribution is 5.00. The van der Waals surface area contributed by atoms with E-state index in [-0.39, 0.29) is 0 Å². The molecule has 84 valence electrons. The molecule has 0 aliphatic carbocycles. The first-order valence-corrected chi connectivity index (χ1v) is 5.58. The SMILES string of the molecule is CNCc1cncn1C1CCOC(C)C1. The van der Waals surface area contributed by atoms with Crippen LogP contribution in [0.2, 0.25) is 0 Å². The van der Waals surface area contributed by atoms with E-state index in [1.165, 1.54) is 5.69 Å². The van der Waals surface area contributed by atoms with E-state index in [2.05, 4.69) is 21.8 Å². The number of hydrogen-bond donors (Lipinski definition) is 1. The first kappa shape index (κ1) is 10.6. The van der Waals surface area contributed by atoms with Crippen molar-refractivity contribution >= 4 is 0 Å². The highest BCUT2D eigenvalue weighted by Crippen LogP contribution is 2.25. The van der Waals surface area contributed by atoms with Crippen molar-refractivity contribution < 1.29 is 4.74 Å². The van der Waals surface area contributed by atoms with Gasteiger partial charge >= 0.3 is 0 Å². The molecule has 1 aliphatic heterocycles. The van der Waals surface area contributed by atoms with Crippen LogP contribution in [0.25, 0.3) is 0 Å². The van der Waals surface area contributed by atoms with Crippen LogP contribution >= 0.6 is 0 Å². The molecule has 0 radical (unpaired) electrons. The molecule has 1 aromatic heterocycles. The van der Waals surface area contributed by atoms with Crippen LogP contribution in [-0.2, 0) is 11.3 Å². The van der Waals surface area contributed by atoms with Crippen molar-refractivity contribution in [3.05, 3.63) is 18.2 Å². The molecule has 1 aliphatic rings. The summed E-state index contributed by atoms with van der Waals surface area (Å²) < 4.78 is 7.84. The number of ether oxygens (including phenoxy) is 1. The fourth-order valence-electron chi connectivity index (χ4n) is 2.21. The van der Waals surface area contributed by atoms with E-state index < -0.39 is 0 Å². The second kappa shape index (κ2) is 4.77.